The molecule has 1 aliphatic rings. The summed E-state index contributed by atoms with van der Waals surface area (Å²) in [6.07, 6.45) is 2.11. The maximum absolute atomic E-state index is 12.9. The van der Waals surface area contributed by atoms with E-state index in [9.17, 15) is 9.59 Å². The molecule has 0 aromatic heterocycles. The van der Waals surface area contributed by atoms with E-state index in [-0.39, 0.29) is 24.5 Å². The van der Waals surface area contributed by atoms with Crippen LogP contribution in [-0.4, -0.2) is 37.6 Å². The van der Waals surface area contributed by atoms with Gasteiger partial charge in [0.2, 0.25) is 11.8 Å². The number of carbonyl (C=O) groups is 2. The summed E-state index contributed by atoms with van der Waals surface area (Å²) in [7, 11) is 0. The fourth-order valence-corrected chi connectivity index (χ4v) is 3.02. The second-order valence-corrected chi connectivity index (χ2v) is 7.93. The minimum Gasteiger partial charge on any atom is -0.376 e. The van der Waals surface area contributed by atoms with Crippen molar-refractivity contribution in [1.82, 2.24) is 5.32 Å². The molecule has 1 aliphatic heterocycles. The van der Waals surface area contributed by atoms with E-state index in [1.165, 1.54) is 0 Å². The summed E-state index contributed by atoms with van der Waals surface area (Å²) in [6.45, 7) is 10.9. The summed E-state index contributed by atoms with van der Waals surface area (Å²) in [5.74, 6) is -0.225. The molecule has 0 bridgehead atoms. The summed E-state index contributed by atoms with van der Waals surface area (Å²) in [5.41, 5.74) is 2.35. The zero-order valence-electron chi connectivity index (χ0n) is 16.0. The van der Waals surface area contributed by atoms with Gasteiger partial charge in [-0.15, -0.1) is 0 Å². The van der Waals surface area contributed by atoms with Crippen molar-refractivity contribution in [2.45, 2.75) is 53.6 Å². The first kappa shape index (κ1) is 19.4. The van der Waals surface area contributed by atoms with Crippen molar-refractivity contribution in [2.75, 3.05) is 24.6 Å². The molecule has 0 radical (unpaired) electrons. The normalized spacial score (nSPS) is 17.4. The van der Waals surface area contributed by atoms with Gasteiger partial charge in [-0.05, 0) is 49.9 Å². The molecule has 1 atom stereocenters. The Morgan fingerprint density at radius 2 is 1.84 bits per heavy atom. The van der Waals surface area contributed by atoms with Gasteiger partial charge < -0.3 is 15.0 Å². The lowest BCUT2D eigenvalue weighted by atomic mass is 9.94. The lowest BCUT2D eigenvalue weighted by Crippen LogP contribution is -2.46. The summed E-state index contributed by atoms with van der Waals surface area (Å²) in [5, 5.41) is 2.90. The molecule has 1 fully saturated rings. The van der Waals surface area contributed by atoms with Crippen LogP contribution in [0.5, 0.6) is 0 Å². The van der Waals surface area contributed by atoms with E-state index in [2.05, 4.69) is 11.4 Å². The van der Waals surface area contributed by atoms with Gasteiger partial charge in [0.05, 0.1) is 6.10 Å². The maximum Gasteiger partial charge on any atom is 0.240 e. The first-order valence-electron chi connectivity index (χ1n) is 8.95. The Kier molecular flexibility index (Phi) is 6.22. The van der Waals surface area contributed by atoms with Crippen LogP contribution in [0.15, 0.2) is 18.2 Å². The third kappa shape index (κ3) is 5.56. The standard InChI is InChI=1S/C20H30N2O3/c1-14-9-15(2)11-16(10-14)22(19(24)20(3,4)5)13-18(23)21-12-17-7-6-8-25-17/h9-11,17H,6-8,12-13H2,1-5H3,(H,21,23). The SMILES string of the molecule is Cc1cc(C)cc(N(CC(=O)NCC2CCCO2)C(=O)C(C)(C)C)c1. The summed E-state index contributed by atoms with van der Waals surface area (Å²) >= 11 is 0. The van der Waals surface area contributed by atoms with E-state index in [4.69, 9.17) is 4.74 Å². The van der Waals surface area contributed by atoms with E-state index in [1.807, 2.05) is 46.8 Å². The Hall–Kier alpha value is -1.88. The van der Waals surface area contributed by atoms with Crippen LogP contribution in [0.1, 0.15) is 44.7 Å². The molecule has 25 heavy (non-hydrogen) atoms. The van der Waals surface area contributed by atoms with Gasteiger partial charge in [-0.1, -0.05) is 26.8 Å². The van der Waals surface area contributed by atoms with Crippen LogP contribution in [-0.2, 0) is 14.3 Å². The molecule has 1 heterocycles. The van der Waals surface area contributed by atoms with Crippen LogP contribution in [0.3, 0.4) is 0 Å². The quantitative estimate of drug-likeness (QED) is 0.892. The van der Waals surface area contributed by atoms with Crippen molar-refractivity contribution in [1.29, 1.82) is 0 Å². The van der Waals surface area contributed by atoms with Gasteiger partial charge in [0.15, 0.2) is 0 Å². The van der Waals surface area contributed by atoms with Crippen LogP contribution in [0, 0.1) is 19.3 Å². The van der Waals surface area contributed by atoms with Crippen LogP contribution < -0.4 is 10.2 Å². The van der Waals surface area contributed by atoms with Crippen molar-refractivity contribution < 1.29 is 14.3 Å². The second-order valence-electron chi connectivity index (χ2n) is 7.93. The van der Waals surface area contributed by atoms with Crippen molar-refractivity contribution >= 4 is 17.5 Å². The number of nitrogens with zero attached hydrogens (tertiary/aromatic N) is 1. The van der Waals surface area contributed by atoms with Gasteiger partial charge in [0.1, 0.15) is 6.54 Å². The largest absolute Gasteiger partial charge is 0.376 e. The molecular formula is C20H30N2O3. The molecule has 5 nitrogen and oxygen atoms in total. The molecule has 1 aromatic carbocycles. The Morgan fingerprint density at radius 1 is 1.20 bits per heavy atom. The number of carbonyl (C=O) groups excluding carboxylic acids is 2. The minimum atomic E-state index is -0.563. The fourth-order valence-electron chi connectivity index (χ4n) is 3.02. The third-order valence-corrected chi connectivity index (χ3v) is 4.26. The van der Waals surface area contributed by atoms with Gasteiger partial charge in [-0.2, -0.15) is 0 Å². The van der Waals surface area contributed by atoms with Crippen molar-refractivity contribution in [3.8, 4) is 0 Å². The van der Waals surface area contributed by atoms with E-state index >= 15 is 0 Å². The number of benzene rings is 1. The number of amides is 2. The summed E-state index contributed by atoms with van der Waals surface area (Å²) in [6, 6.07) is 5.95. The molecule has 2 amide bonds. The Balaban J connectivity index is 2.13. The number of aryl methyl sites for hydroxylation is 2. The highest BCUT2D eigenvalue weighted by Gasteiger charge is 2.30. The number of anilines is 1. The van der Waals surface area contributed by atoms with Gasteiger partial charge in [-0.25, -0.2) is 0 Å². The van der Waals surface area contributed by atoms with Crippen molar-refractivity contribution in [2.24, 2.45) is 5.41 Å². The Morgan fingerprint density at radius 3 is 2.36 bits per heavy atom. The van der Waals surface area contributed by atoms with Crippen LogP contribution >= 0.6 is 0 Å². The minimum absolute atomic E-state index is 0.0196. The Bertz CT molecular complexity index is 608. The fraction of sp³-hybridized carbons (Fsp3) is 0.600. The van der Waals surface area contributed by atoms with E-state index < -0.39 is 5.41 Å². The zero-order chi connectivity index (χ0) is 18.6. The molecule has 138 valence electrons. The van der Waals surface area contributed by atoms with Gasteiger partial charge in [0.25, 0.3) is 0 Å². The highest BCUT2D eigenvalue weighted by molar-refractivity contribution is 6.01. The average molecular weight is 346 g/mol. The molecule has 1 N–H and O–H groups in total. The van der Waals surface area contributed by atoms with E-state index in [0.717, 1.165) is 36.3 Å². The molecule has 1 unspecified atom stereocenters. The molecule has 2 rings (SSSR count). The highest BCUT2D eigenvalue weighted by Crippen LogP contribution is 2.25. The predicted octanol–water partition coefficient (Wildman–Crippen LogP) is 2.98. The van der Waals surface area contributed by atoms with Crippen LogP contribution in [0.2, 0.25) is 0 Å². The van der Waals surface area contributed by atoms with E-state index in [1.54, 1.807) is 4.90 Å². The number of rotatable bonds is 5. The number of hydrogen-bond acceptors (Lipinski definition) is 3. The molecule has 0 aliphatic carbocycles. The first-order chi connectivity index (χ1) is 11.7. The molecule has 1 aromatic rings. The molecule has 0 spiro atoms. The summed E-state index contributed by atoms with van der Waals surface area (Å²) in [4.78, 5) is 26.9. The summed E-state index contributed by atoms with van der Waals surface area (Å²) < 4.78 is 5.53. The van der Waals surface area contributed by atoms with Crippen molar-refractivity contribution in [3.63, 3.8) is 0 Å². The molecule has 0 saturated carbocycles. The third-order valence-electron chi connectivity index (χ3n) is 4.26. The topological polar surface area (TPSA) is 58.6 Å². The van der Waals surface area contributed by atoms with Gasteiger partial charge in [0, 0.05) is 24.3 Å². The monoisotopic (exact) mass is 346 g/mol. The van der Waals surface area contributed by atoms with Gasteiger partial charge in [-0.3, -0.25) is 9.59 Å². The van der Waals surface area contributed by atoms with Crippen molar-refractivity contribution in [3.05, 3.63) is 29.3 Å². The zero-order valence-corrected chi connectivity index (χ0v) is 16.0. The maximum atomic E-state index is 12.9. The second kappa shape index (κ2) is 8.00. The molecular weight excluding hydrogens is 316 g/mol. The highest BCUT2D eigenvalue weighted by atomic mass is 16.5. The predicted molar refractivity (Wildman–Crippen MR) is 99.7 cm³/mol. The lowest BCUT2D eigenvalue weighted by Gasteiger charge is -2.30. The van der Waals surface area contributed by atoms with E-state index in [0.29, 0.717) is 6.54 Å². The van der Waals surface area contributed by atoms with Crippen LogP contribution in [0.25, 0.3) is 0 Å². The number of ether oxygens (including phenoxy) is 1. The Labute approximate surface area is 150 Å². The van der Waals surface area contributed by atoms with Gasteiger partial charge >= 0.3 is 0 Å². The average Bonchev–Trinajstić information content (AvgIpc) is 3.01. The lowest BCUT2D eigenvalue weighted by molar-refractivity contribution is -0.128. The smallest absolute Gasteiger partial charge is 0.240 e. The molecule has 1 saturated heterocycles. The number of nitrogens with one attached hydrogen (secondary N) is 1. The number of hydrogen-bond donors (Lipinski definition) is 1. The first-order valence-corrected chi connectivity index (χ1v) is 8.95. The molecule has 5 heteroatoms. The van der Waals surface area contributed by atoms with Crippen LogP contribution in [0.4, 0.5) is 5.69 Å².